The van der Waals surface area contributed by atoms with E-state index in [0.717, 1.165) is 11.4 Å². The van der Waals surface area contributed by atoms with Crippen LogP contribution in [0.2, 0.25) is 0 Å². The summed E-state index contributed by atoms with van der Waals surface area (Å²) in [6.07, 6.45) is 5.73. The fraction of sp³-hybridized carbons (Fsp3) is 0.733. The summed E-state index contributed by atoms with van der Waals surface area (Å²) in [7, 11) is 0. The molecular weight excluding hydrogens is 286 g/mol. The molecule has 5 nitrogen and oxygen atoms in total. The van der Waals surface area contributed by atoms with Crippen LogP contribution in [-0.4, -0.2) is 32.8 Å². The zero-order valence-corrected chi connectivity index (χ0v) is 14.1. The Balaban J connectivity index is 2.01. The van der Waals surface area contributed by atoms with E-state index in [9.17, 15) is 4.79 Å². The molecule has 1 aromatic heterocycles. The van der Waals surface area contributed by atoms with Crippen molar-refractivity contribution >= 4 is 17.9 Å². The fourth-order valence-corrected chi connectivity index (χ4v) is 3.59. The summed E-state index contributed by atoms with van der Waals surface area (Å²) >= 11 is 1.98. The number of hydrogen-bond donors (Lipinski definition) is 1. The molecule has 118 valence electrons. The van der Waals surface area contributed by atoms with Gasteiger partial charge in [-0.3, -0.25) is 0 Å². The van der Waals surface area contributed by atoms with Crippen LogP contribution in [0.3, 0.4) is 0 Å². The number of hydrogen-bond acceptors (Lipinski definition) is 4. The van der Waals surface area contributed by atoms with E-state index in [1.54, 1.807) is 0 Å². The fourth-order valence-electron chi connectivity index (χ4n) is 2.46. The Bertz CT molecular complexity index is 476. The third-order valence-electron chi connectivity index (χ3n) is 3.40. The summed E-state index contributed by atoms with van der Waals surface area (Å²) in [4.78, 5) is 16.1. The van der Waals surface area contributed by atoms with Crippen LogP contribution in [0.15, 0.2) is 12.5 Å². The average molecular weight is 311 g/mol. The second-order valence-corrected chi connectivity index (χ2v) is 7.61. The highest BCUT2D eigenvalue weighted by Crippen LogP contribution is 2.29. The summed E-state index contributed by atoms with van der Waals surface area (Å²) in [5, 5.41) is 2.89. The van der Waals surface area contributed by atoms with Crippen molar-refractivity contribution in [1.29, 1.82) is 0 Å². The summed E-state index contributed by atoms with van der Waals surface area (Å²) in [6.45, 7) is 7.55. The van der Waals surface area contributed by atoms with Gasteiger partial charge in [-0.2, -0.15) is 11.8 Å². The number of aromatic nitrogens is 2. The number of amides is 1. The van der Waals surface area contributed by atoms with E-state index in [0.29, 0.717) is 6.04 Å². The van der Waals surface area contributed by atoms with Gasteiger partial charge in [-0.15, -0.1) is 0 Å². The largest absolute Gasteiger partial charge is 0.444 e. The van der Waals surface area contributed by atoms with Gasteiger partial charge in [0.25, 0.3) is 0 Å². The lowest BCUT2D eigenvalue weighted by atomic mass is 10.1. The van der Waals surface area contributed by atoms with Crippen LogP contribution in [0, 0.1) is 0 Å². The van der Waals surface area contributed by atoms with Crippen molar-refractivity contribution in [2.45, 2.75) is 58.2 Å². The molecule has 2 rings (SSSR count). The van der Waals surface area contributed by atoms with Crippen LogP contribution in [0.25, 0.3) is 0 Å². The van der Waals surface area contributed by atoms with Gasteiger partial charge in [0, 0.05) is 11.8 Å². The van der Waals surface area contributed by atoms with Gasteiger partial charge in [-0.1, -0.05) is 0 Å². The van der Waals surface area contributed by atoms with Gasteiger partial charge in [-0.05, 0) is 46.3 Å². The second kappa shape index (κ2) is 6.73. The monoisotopic (exact) mass is 311 g/mol. The maximum atomic E-state index is 11.9. The number of thioether (sulfide) groups is 1. The molecule has 1 unspecified atom stereocenters. The number of carbonyl (C=O) groups is 1. The highest BCUT2D eigenvalue weighted by atomic mass is 32.2. The molecule has 1 aliphatic rings. The van der Waals surface area contributed by atoms with Crippen LogP contribution in [0.1, 0.15) is 58.3 Å². The van der Waals surface area contributed by atoms with Gasteiger partial charge >= 0.3 is 6.09 Å². The molecular formula is C15H25N3O2S. The molecule has 1 N–H and O–H groups in total. The van der Waals surface area contributed by atoms with Crippen molar-refractivity contribution in [3.05, 3.63) is 18.2 Å². The minimum Gasteiger partial charge on any atom is -0.444 e. The molecule has 21 heavy (non-hydrogen) atoms. The Labute approximate surface area is 130 Å². The van der Waals surface area contributed by atoms with E-state index < -0.39 is 5.60 Å². The van der Waals surface area contributed by atoms with Gasteiger partial charge in [0.1, 0.15) is 5.60 Å². The molecule has 1 aliphatic heterocycles. The standard InChI is InChI=1S/C15H25N3O2S/c1-11(17-14(19)20-15(2,3)4)13-8-16-10-18(13)12-6-5-7-21-9-12/h8,10-12H,5-7,9H2,1-4H3,(H,17,19)/t11-,12?/m0/s1. The molecule has 0 aliphatic carbocycles. The normalized spacial score (nSPS) is 20.9. The Morgan fingerprint density at radius 3 is 2.95 bits per heavy atom. The molecule has 1 fully saturated rings. The SMILES string of the molecule is C[C@H](NC(=O)OC(C)(C)C)c1cncn1C1CCCSC1. The first-order valence-electron chi connectivity index (χ1n) is 7.46. The van der Waals surface area contributed by atoms with E-state index in [1.807, 2.05) is 52.0 Å². The molecule has 1 amide bonds. The van der Waals surface area contributed by atoms with Crippen molar-refractivity contribution < 1.29 is 9.53 Å². The van der Waals surface area contributed by atoms with Crippen molar-refractivity contribution in [1.82, 2.24) is 14.9 Å². The molecule has 2 atom stereocenters. The van der Waals surface area contributed by atoms with Crippen molar-refractivity contribution in [2.75, 3.05) is 11.5 Å². The summed E-state index contributed by atoms with van der Waals surface area (Å²) in [5.41, 5.74) is 0.553. The number of alkyl carbamates (subject to hydrolysis) is 1. The van der Waals surface area contributed by atoms with Crippen LogP contribution < -0.4 is 5.32 Å². The number of carbonyl (C=O) groups excluding carboxylic acids is 1. The van der Waals surface area contributed by atoms with Gasteiger partial charge < -0.3 is 14.6 Å². The van der Waals surface area contributed by atoms with Crippen LogP contribution in [0.5, 0.6) is 0 Å². The van der Waals surface area contributed by atoms with Crippen molar-refractivity contribution in [2.24, 2.45) is 0 Å². The van der Waals surface area contributed by atoms with Gasteiger partial charge in [0.05, 0.1) is 24.3 Å². The number of nitrogens with one attached hydrogen (secondary N) is 1. The van der Waals surface area contributed by atoms with Crippen LogP contribution in [-0.2, 0) is 4.74 Å². The predicted octanol–water partition coefficient (Wildman–Crippen LogP) is 3.54. The maximum absolute atomic E-state index is 11.9. The molecule has 6 heteroatoms. The quantitative estimate of drug-likeness (QED) is 0.927. The first-order valence-corrected chi connectivity index (χ1v) is 8.61. The lowest BCUT2D eigenvalue weighted by molar-refractivity contribution is 0.0506. The highest BCUT2D eigenvalue weighted by molar-refractivity contribution is 7.99. The van der Waals surface area contributed by atoms with Crippen LogP contribution in [0.4, 0.5) is 4.79 Å². The first-order chi connectivity index (χ1) is 9.87. The van der Waals surface area contributed by atoms with Gasteiger partial charge in [-0.25, -0.2) is 9.78 Å². The minimum atomic E-state index is -0.482. The molecule has 0 spiro atoms. The maximum Gasteiger partial charge on any atom is 0.408 e. The molecule has 1 saturated heterocycles. The third-order valence-corrected chi connectivity index (χ3v) is 4.60. The Kier molecular flexibility index (Phi) is 5.19. The molecule has 0 aromatic carbocycles. The van der Waals surface area contributed by atoms with Gasteiger partial charge in [0.2, 0.25) is 0 Å². The molecule has 0 radical (unpaired) electrons. The lowest BCUT2D eigenvalue weighted by Gasteiger charge is -2.27. The molecule has 0 bridgehead atoms. The second-order valence-electron chi connectivity index (χ2n) is 6.46. The lowest BCUT2D eigenvalue weighted by Crippen LogP contribution is -2.35. The Morgan fingerprint density at radius 2 is 2.33 bits per heavy atom. The van der Waals surface area contributed by atoms with E-state index in [1.165, 1.54) is 18.6 Å². The number of imidazole rings is 1. The van der Waals surface area contributed by atoms with E-state index in [-0.39, 0.29) is 12.1 Å². The number of ether oxygens (including phenoxy) is 1. The van der Waals surface area contributed by atoms with Crippen molar-refractivity contribution in [3.63, 3.8) is 0 Å². The van der Waals surface area contributed by atoms with Crippen molar-refractivity contribution in [3.8, 4) is 0 Å². The smallest absolute Gasteiger partial charge is 0.408 e. The topological polar surface area (TPSA) is 56.1 Å². The third kappa shape index (κ3) is 4.66. The average Bonchev–Trinajstić information content (AvgIpc) is 2.86. The van der Waals surface area contributed by atoms with Gasteiger partial charge in [0.15, 0.2) is 0 Å². The zero-order valence-electron chi connectivity index (χ0n) is 13.3. The first kappa shape index (κ1) is 16.2. The Hall–Kier alpha value is -1.17. The Morgan fingerprint density at radius 1 is 1.57 bits per heavy atom. The van der Waals surface area contributed by atoms with E-state index in [2.05, 4.69) is 14.9 Å². The van der Waals surface area contributed by atoms with E-state index in [4.69, 9.17) is 4.74 Å². The minimum absolute atomic E-state index is 0.116. The highest BCUT2D eigenvalue weighted by Gasteiger charge is 2.23. The van der Waals surface area contributed by atoms with Crippen LogP contribution >= 0.6 is 11.8 Å². The number of nitrogens with zero attached hydrogens (tertiary/aromatic N) is 2. The summed E-state index contributed by atoms with van der Waals surface area (Å²) in [5.74, 6) is 2.36. The number of rotatable bonds is 3. The summed E-state index contributed by atoms with van der Waals surface area (Å²) < 4.78 is 7.51. The predicted molar refractivity (Wildman–Crippen MR) is 85.6 cm³/mol. The zero-order chi connectivity index (χ0) is 15.5. The summed E-state index contributed by atoms with van der Waals surface area (Å²) in [6, 6.07) is 0.360. The molecule has 2 heterocycles. The molecule has 1 aromatic rings. The molecule has 0 saturated carbocycles. The van der Waals surface area contributed by atoms with E-state index >= 15 is 0 Å².